The Hall–Kier alpha value is -2.71. The number of aromatic nitrogens is 3. The van der Waals surface area contributed by atoms with E-state index in [1.165, 1.54) is 23.9 Å². The van der Waals surface area contributed by atoms with Crippen LogP contribution in [0.25, 0.3) is 11.4 Å². The van der Waals surface area contributed by atoms with E-state index in [9.17, 15) is 9.18 Å². The number of methoxy groups -OCH3 is 1. The molecule has 162 valence electrons. The largest absolute Gasteiger partial charge is 0.497 e. The molecule has 1 fully saturated rings. The van der Waals surface area contributed by atoms with E-state index in [0.717, 1.165) is 25.0 Å². The summed E-state index contributed by atoms with van der Waals surface area (Å²) in [6.07, 6.45) is 2.06. The van der Waals surface area contributed by atoms with Gasteiger partial charge in [0, 0.05) is 17.7 Å². The van der Waals surface area contributed by atoms with Crippen LogP contribution in [0.4, 0.5) is 4.39 Å². The van der Waals surface area contributed by atoms with Crippen molar-refractivity contribution in [2.45, 2.75) is 42.8 Å². The highest BCUT2D eigenvalue weighted by atomic mass is 32.2. The van der Waals surface area contributed by atoms with Crippen molar-refractivity contribution in [3.05, 3.63) is 59.9 Å². The standard InChI is InChI=1S/C23H24FN3O3S/c1-15(21(28)16-7-11-19(29-2)12-8-16)31-23-26-25-22(17-5-9-18(24)10-6-17)27(23)14-20-4-3-13-30-20/h5-12,15,20H,3-4,13-14H2,1-2H3. The van der Waals surface area contributed by atoms with Crippen molar-refractivity contribution in [1.29, 1.82) is 0 Å². The van der Waals surface area contributed by atoms with E-state index >= 15 is 0 Å². The van der Waals surface area contributed by atoms with Gasteiger partial charge in [-0.3, -0.25) is 9.36 Å². The fourth-order valence-electron chi connectivity index (χ4n) is 3.55. The summed E-state index contributed by atoms with van der Waals surface area (Å²) in [4.78, 5) is 12.9. The van der Waals surface area contributed by atoms with Gasteiger partial charge in [0.25, 0.3) is 0 Å². The molecule has 2 atom stereocenters. The van der Waals surface area contributed by atoms with Crippen molar-refractivity contribution in [3.8, 4) is 17.1 Å². The lowest BCUT2D eigenvalue weighted by Crippen LogP contribution is -2.19. The molecule has 0 saturated carbocycles. The number of hydrogen-bond donors (Lipinski definition) is 0. The summed E-state index contributed by atoms with van der Waals surface area (Å²) in [6, 6.07) is 13.3. The predicted molar refractivity (Wildman–Crippen MR) is 117 cm³/mol. The van der Waals surface area contributed by atoms with E-state index < -0.39 is 0 Å². The Morgan fingerprint density at radius 3 is 2.61 bits per heavy atom. The first-order chi connectivity index (χ1) is 15.0. The van der Waals surface area contributed by atoms with Gasteiger partial charge >= 0.3 is 0 Å². The molecule has 4 rings (SSSR count). The van der Waals surface area contributed by atoms with E-state index in [-0.39, 0.29) is 23.0 Å². The van der Waals surface area contributed by atoms with Crippen LogP contribution in [0.2, 0.25) is 0 Å². The van der Waals surface area contributed by atoms with Crippen LogP contribution in [0.15, 0.2) is 53.7 Å². The normalized spacial score (nSPS) is 16.9. The summed E-state index contributed by atoms with van der Waals surface area (Å²) < 4.78 is 26.3. The number of carbonyl (C=O) groups is 1. The number of rotatable bonds is 8. The molecular weight excluding hydrogens is 417 g/mol. The Kier molecular flexibility index (Phi) is 6.67. The third-order valence-electron chi connectivity index (χ3n) is 5.26. The van der Waals surface area contributed by atoms with Crippen molar-refractivity contribution in [3.63, 3.8) is 0 Å². The number of ether oxygens (including phenoxy) is 2. The minimum atomic E-state index is -0.359. The van der Waals surface area contributed by atoms with Gasteiger partial charge < -0.3 is 9.47 Å². The number of ketones is 1. The average Bonchev–Trinajstić information content (AvgIpc) is 3.45. The van der Waals surface area contributed by atoms with Crippen LogP contribution in [0, 0.1) is 5.82 Å². The molecule has 2 aromatic carbocycles. The van der Waals surface area contributed by atoms with Gasteiger partial charge in [0.2, 0.25) is 0 Å². The molecule has 2 unspecified atom stereocenters. The lowest BCUT2D eigenvalue weighted by atomic mass is 10.1. The zero-order chi connectivity index (χ0) is 21.8. The van der Waals surface area contributed by atoms with Crippen molar-refractivity contribution in [1.82, 2.24) is 14.8 Å². The van der Waals surface area contributed by atoms with Crippen molar-refractivity contribution >= 4 is 17.5 Å². The zero-order valence-corrected chi connectivity index (χ0v) is 18.3. The maximum atomic E-state index is 13.4. The van der Waals surface area contributed by atoms with E-state index in [1.54, 1.807) is 43.5 Å². The van der Waals surface area contributed by atoms with Crippen LogP contribution in [-0.2, 0) is 11.3 Å². The number of benzene rings is 2. The Bertz CT molecular complexity index is 1030. The molecule has 8 heteroatoms. The lowest BCUT2D eigenvalue weighted by molar-refractivity contribution is 0.0953. The van der Waals surface area contributed by atoms with E-state index in [0.29, 0.717) is 28.8 Å². The Morgan fingerprint density at radius 1 is 1.23 bits per heavy atom. The molecule has 0 bridgehead atoms. The zero-order valence-electron chi connectivity index (χ0n) is 17.5. The summed E-state index contributed by atoms with van der Waals surface area (Å²) in [5.41, 5.74) is 1.39. The van der Waals surface area contributed by atoms with Gasteiger partial charge in [0.1, 0.15) is 11.6 Å². The highest BCUT2D eigenvalue weighted by molar-refractivity contribution is 8.00. The number of carbonyl (C=O) groups excluding carboxylic acids is 1. The monoisotopic (exact) mass is 441 g/mol. The predicted octanol–water partition coefficient (Wildman–Crippen LogP) is 4.64. The second kappa shape index (κ2) is 9.62. The molecule has 3 aromatic rings. The molecule has 2 heterocycles. The molecule has 0 radical (unpaired) electrons. The summed E-state index contributed by atoms with van der Waals surface area (Å²) >= 11 is 1.36. The topological polar surface area (TPSA) is 66.2 Å². The van der Waals surface area contributed by atoms with Gasteiger partial charge in [-0.1, -0.05) is 11.8 Å². The molecule has 1 aliphatic rings. The Balaban J connectivity index is 1.58. The summed E-state index contributed by atoms with van der Waals surface area (Å²) in [6.45, 7) is 3.19. The van der Waals surface area contributed by atoms with Gasteiger partial charge in [-0.15, -0.1) is 10.2 Å². The molecular formula is C23H24FN3O3S. The van der Waals surface area contributed by atoms with Crippen molar-refractivity contribution < 1.29 is 18.7 Å². The van der Waals surface area contributed by atoms with Crippen LogP contribution in [-0.4, -0.2) is 45.6 Å². The quantitative estimate of drug-likeness (QED) is 0.375. The fourth-order valence-corrected chi connectivity index (χ4v) is 4.48. The number of nitrogens with zero attached hydrogens (tertiary/aromatic N) is 3. The summed E-state index contributed by atoms with van der Waals surface area (Å²) in [5.74, 6) is 1.05. The molecule has 0 aliphatic carbocycles. The highest BCUT2D eigenvalue weighted by Crippen LogP contribution is 2.30. The number of hydrogen-bond acceptors (Lipinski definition) is 6. The van der Waals surface area contributed by atoms with Crippen LogP contribution >= 0.6 is 11.8 Å². The lowest BCUT2D eigenvalue weighted by Gasteiger charge is -2.16. The number of Topliss-reactive ketones (excluding diaryl/α,β-unsaturated/α-hetero) is 1. The molecule has 0 N–H and O–H groups in total. The SMILES string of the molecule is COc1ccc(C(=O)C(C)Sc2nnc(-c3ccc(F)cc3)n2CC2CCCO2)cc1. The van der Waals surface area contributed by atoms with E-state index in [1.807, 2.05) is 11.5 Å². The van der Waals surface area contributed by atoms with E-state index in [2.05, 4.69) is 10.2 Å². The minimum absolute atomic E-state index is 0.00246. The Morgan fingerprint density at radius 2 is 1.97 bits per heavy atom. The van der Waals surface area contributed by atoms with Gasteiger partial charge in [0.15, 0.2) is 16.8 Å². The minimum Gasteiger partial charge on any atom is -0.497 e. The molecule has 0 amide bonds. The maximum Gasteiger partial charge on any atom is 0.192 e. The molecule has 1 aromatic heterocycles. The van der Waals surface area contributed by atoms with Gasteiger partial charge in [-0.25, -0.2) is 4.39 Å². The van der Waals surface area contributed by atoms with Crippen LogP contribution in [0.5, 0.6) is 5.75 Å². The third-order valence-corrected chi connectivity index (χ3v) is 6.34. The van der Waals surface area contributed by atoms with Gasteiger partial charge in [0.05, 0.1) is 25.0 Å². The smallest absolute Gasteiger partial charge is 0.192 e. The summed E-state index contributed by atoms with van der Waals surface area (Å²) in [5, 5.41) is 8.99. The molecule has 31 heavy (non-hydrogen) atoms. The van der Waals surface area contributed by atoms with Crippen LogP contribution in [0.3, 0.4) is 0 Å². The second-order valence-electron chi connectivity index (χ2n) is 7.41. The number of thioether (sulfide) groups is 1. The summed E-state index contributed by atoms with van der Waals surface area (Å²) in [7, 11) is 1.59. The maximum absolute atomic E-state index is 13.4. The van der Waals surface area contributed by atoms with Crippen molar-refractivity contribution in [2.75, 3.05) is 13.7 Å². The second-order valence-corrected chi connectivity index (χ2v) is 8.72. The Labute approximate surface area is 184 Å². The molecule has 0 spiro atoms. The molecule has 1 aliphatic heterocycles. The van der Waals surface area contributed by atoms with Crippen molar-refractivity contribution in [2.24, 2.45) is 0 Å². The van der Waals surface area contributed by atoms with E-state index in [4.69, 9.17) is 9.47 Å². The first kappa shape index (κ1) is 21.5. The molecule has 1 saturated heterocycles. The fraction of sp³-hybridized carbons (Fsp3) is 0.348. The highest BCUT2D eigenvalue weighted by Gasteiger charge is 2.25. The van der Waals surface area contributed by atoms with Crippen LogP contribution in [0.1, 0.15) is 30.1 Å². The first-order valence-corrected chi connectivity index (χ1v) is 11.1. The number of halogens is 1. The molecule has 6 nitrogen and oxygen atoms in total. The van der Waals surface area contributed by atoms with Gasteiger partial charge in [-0.2, -0.15) is 0 Å². The average molecular weight is 442 g/mol. The third kappa shape index (κ3) is 4.97. The first-order valence-electron chi connectivity index (χ1n) is 10.2. The van der Waals surface area contributed by atoms with Gasteiger partial charge in [-0.05, 0) is 68.3 Å². The van der Waals surface area contributed by atoms with Crippen LogP contribution < -0.4 is 4.74 Å².